The number of methoxy groups -OCH3 is 1. The molecule has 12 nitrogen and oxygen atoms in total. The van der Waals surface area contributed by atoms with Gasteiger partial charge in [0.05, 0.1) is 23.9 Å². The third kappa shape index (κ3) is 7.77. The number of thioether (sulfide) groups is 1. The highest BCUT2D eigenvalue weighted by Gasteiger charge is 2.37. The normalized spacial score (nSPS) is 16.4. The molecule has 15 heteroatoms. The number of benzene rings is 3. The van der Waals surface area contributed by atoms with Crippen molar-refractivity contribution in [2.45, 2.75) is 44.2 Å². The molecule has 2 fully saturated rings. The quantitative estimate of drug-likeness (QED) is 0.178. The Hall–Kier alpha value is -5.31. The highest BCUT2D eigenvalue weighted by Crippen LogP contribution is 2.40. The van der Waals surface area contributed by atoms with Crippen molar-refractivity contribution < 1.29 is 37.4 Å². The number of carbonyl (C=O) groups is 3. The van der Waals surface area contributed by atoms with Gasteiger partial charge in [-0.1, -0.05) is 6.07 Å². The fraction of sp³-hybridized carbons (Fsp3) is 0.314. The van der Waals surface area contributed by atoms with Crippen LogP contribution in [0.3, 0.4) is 0 Å². The number of nitrogens with one attached hydrogen (secondary N) is 3. The highest BCUT2D eigenvalue weighted by molar-refractivity contribution is 8.00. The van der Waals surface area contributed by atoms with Crippen molar-refractivity contribution in [2.24, 2.45) is 0 Å². The van der Waals surface area contributed by atoms with E-state index in [9.17, 15) is 23.2 Å². The van der Waals surface area contributed by atoms with E-state index in [4.69, 9.17) is 14.2 Å². The second kappa shape index (κ2) is 15.1. The topological polar surface area (TPSA) is 134 Å². The number of rotatable bonds is 9. The number of hydrazine groups is 1. The first-order valence-corrected chi connectivity index (χ1v) is 17.1. The molecule has 4 aromatic rings. The molecule has 2 aliphatic rings. The number of hydrogen-bond acceptors (Lipinski definition) is 8. The molecule has 5 amide bonds. The van der Waals surface area contributed by atoms with Gasteiger partial charge in [-0.15, -0.1) is 11.8 Å². The van der Waals surface area contributed by atoms with Crippen LogP contribution in [0.1, 0.15) is 37.6 Å². The molecule has 0 radical (unpaired) electrons. The summed E-state index contributed by atoms with van der Waals surface area (Å²) in [7, 11) is 1.56. The number of amides is 5. The van der Waals surface area contributed by atoms with Crippen molar-refractivity contribution in [2.75, 3.05) is 31.3 Å². The number of halogens is 2. The number of anilines is 1. The first-order valence-electron chi connectivity index (χ1n) is 16.0. The van der Waals surface area contributed by atoms with E-state index in [1.54, 1.807) is 60.7 Å². The zero-order valence-corrected chi connectivity index (χ0v) is 28.4. The van der Waals surface area contributed by atoms with E-state index in [0.717, 1.165) is 28.9 Å². The van der Waals surface area contributed by atoms with E-state index in [1.165, 1.54) is 6.07 Å². The Kier molecular flexibility index (Phi) is 10.4. The summed E-state index contributed by atoms with van der Waals surface area (Å²) in [5.41, 5.74) is 3.12. The molecule has 0 saturated carbocycles. The lowest BCUT2D eigenvalue weighted by Crippen LogP contribution is -2.48. The monoisotopic (exact) mass is 706 g/mol. The fourth-order valence-corrected chi connectivity index (χ4v) is 6.82. The van der Waals surface area contributed by atoms with E-state index in [0.29, 0.717) is 65.5 Å². The van der Waals surface area contributed by atoms with Crippen LogP contribution in [-0.2, 0) is 4.79 Å². The number of hydrogen-bond donors (Lipinski definition) is 3. The Bertz CT molecular complexity index is 1870. The summed E-state index contributed by atoms with van der Waals surface area (Å²) in [5.74, 6) is -0.121. The fourth-order valence-electron chi connectivity index (χ4n) is 5.67. The molecule has 2 aliphatic heterocycles. The van der Waals surface area contributed by atoms with Gasteiger partial charge in [-0.3, -0.25) is 9.78 Å². The maximum atomic E-state index is 14.4. The lowest BCUT2D eigenvalue weighted by atomic mass is 10.1. The largest absolute Gasteiger partial charge is 0.493 e. The molecule has 0 spiro atoms. The van der Waals surface area contributed by atoms with Gasteiger partial charge in [0.1, 0.15) is 34.6 Å². The smallest absolute Gasteiger partial charge is 0.338 e. The van der Waals surface area contributed by atoms with Crippen LogP contribution >= 0.6 is 11.8 Å². The molecule has 1 atom stereocenters. The molecule has 3 N–H and O–H groups in total. The zero-order chi connectivity index (χ0) is 35.4. The number of aromatic nitrogens is 1. The minimum atomic E-state index is -1.05. The molecule has 1 aromatic heterocycles. The number of nitrogens with zero attached hydrogens (tertiary/aromatic N) is 3. The summed E-state index contributed by atoms with van der Waals surface area (Å²) in [6, 6.07) is 14.5. The average Bonchev–Trinajstić information content (AvgIpc) is 3.44. The van der Waals surface area contributed by atoms with Gasteiger partial charge in [-0.2, -0.15) is 0 Å². The number of carbonyl (C=O) groups excluding carboxylic acids is 3. The van der Waals surface area contributed by atoms with Crippen LogP contribution in [0.4, 0.5) is 24.1 Å². The molecule has 1 unspecified atom stereocenters. The third-order valence-corrected chi connectivity index (χ3v) is 9.27. The van der Waals surface area contributed by atoms with Crippen molar-refractivity contribution in [1.29, 1.82) is 0 Å². The van der Waals surface area contributed by atoms with Crippen molar-refractivity contribution in [3.8, 4) is 23.0 Å². The third-order valence-electron chi connectivity index (χ3n) is 8.10. The van der Waals surface area contributed by atoms with Crippen LogP contribution in [-0.4, -0.2) is 71.0 Å². The molecule has 6 rings (SSSR count). The number of urea groups is 2. The van der Waals surface area contributed by atoms with Crippen LogP contribution in [0, 0.1) is 11.6 Å². The number of ether oxygens (including phenoxy) is 3. The summed E-state index contributed by atoms with van der Waals surface area (Å²) in [4.78, 5) is 43.9. The van der Waals surface area contributed by atoms with Crippen LogP contribution < -0.4 is 30.3 Å². The van der Waals surface area contributed by atoms with E-state index in [1.807, 2.05) is 13.8 Å². The predicted molar refractivity (Wildman–Crippen MR) is 184 cm³/mol. The predicted octanol–water partition coefficient (Wildman–Crippen LogP) is 6.59. The molecule has 2 saturated heterocycles. The molecule has 50 heavy (non-hydrogen) atoms. The highest BCUT2D eigenvalue weighted by atomic mass is 32.2. The van der Waals surface area contributed by atoms with Crippen molar-refractivity contribution in [3.63, 3.8) is 0 Å². The van der Waals surface area contributed by atoms with Gasteiger partial charge in [0.15, 0.2) is 11.5 Å². The summed E-state index contributed by atoms with van der Waals surface area (Å²) < 4.78 is 47.0. The Balaban J connectivity index is 1.09. The van der Waals surface area contributed by atoms with Gasteiger partial charge in [0.25, 0.3) is 5.91 Å². The van der Waals surface area contributed by atoms with Crippen molar-refractivity contribution >= 4 is 46.3 Å². The minimum Gasteiger partial charge on any atom is -0.493 e. The van der Waals surface area contributed by atoms with Gasteiger partial charge >= 0.3 is 12.1 Å². The number of fused-ring (bicyclic) bond motifs is 1. The van der Waals surface area contributed by atoms with Crippen LogP contribution in [0.25, 0.3) is 10.9 Å². The molecule has 0 bridgehead atoms. The zero-order valence-electron chi connectivity index (χ0n) is 27.6. The van der Waals surface area contributed by atoms with Crippen LogP contribution in [0.5, 0.6) is 23.0 Å². The maximum absolute atomic E-state index is 14.4. The lowest BCUT2D eigenvalue weighted by molar-refractivity contribution is -0.130. The lowest BCUT2D eigenvalue weighted by Gasteiger charge is -2.33. The molecule has 0 aliphatic carbocycles. The molecular formula is C35H36F2N6O6S. The SMILES string of the molecule is COc1cc2c(Oc3ccc(NC(=O)NN4C(=O)CSC4c4c(F)cccc4F)cc3)ccnc2cc1OC1CCN(C(=O)NC(C)C)CC1. The molecule has 3 heterocycles. The van der Waals surface area contributed by atoms with Gasteiger partial charge in [0.2, 0.25) is 0 Å². The first-order chi connectivity index (χ1) is 24.1. The van der Waals surface area contributed by atoms with E-state index >= 15 is 0 Å². The Morgan fingerprint density at radius 3 is 2.38 bits per heavy atom. The second-order valence-electron chi connectivity index (χ2n) is 12.0. The molecular weight excluding hydrogens is 670 g/mol. The summed E-state index contributed by atoms with van der Waals surface area (Å²) in [5, 5.41) is 6.11. The minimum absolute atomic E-state index is 0.0476. The maximum Gasteiger partial charge on any atom is 0.338 e. The summed E-state index contributed by atoms with van der Waals surface area (Å²) in [6.45, 7) is 5.03. The average molecular weight is 707 g/mol. The Morgan fingerprint density at radius 1 is 0.980 bits per heavy atom. The standard InChI is InChI=1S/C35H36F2N6O6S/c1-20(2)39-35(46)42-15-12-23(13-16-42)49-30-18-27-24(17-29(30)47-3)28(11-14-38-27)48-22-9-7-21(8-10-22)40-34(45)41-43-31(44)19-50-33(43)32-25(36)5-4-6-26(32)37/h4-11,14,17-18,20,23,33H,12-13,15-16,19H2,1-3H3,(H,39,46)(H2,40,41,45). The molecule has 3 aromatic carbocycles. The van der Waals surface area contributed by atoms with E-state index in [2.05, 4.69) is 21.0 Å². The van der Waals surface area contributed by atoms with Gasteiger partial charge in [-0.25, -0.2) is 28.8 Å². The molecule has 262 valence electrons. The summed E-state index contributed by atoms with van der Waals surface area (Å²) in [6.07, 6.45) is 2.89. The Labute approximate surface area is 291 Å². The van der Waals surface area contributed by atoms with Gasteiger partial charge in [-0.05, 0) is 62.4 Å². The Morgan fingerprint density at radius 2 is 1.70 bits per heavy atom. The number of pyridine rings is 1. The van der Waals surface area contributed by atoms with Crippen molar-refractivity contribution in [1.82, 2.24) is 25.6 Å². The van der Waals surface area contributed by atoms with E-state index < -0.39 is 28.9 Å². The second-order valence-corrected chi connectivity index (χ2v) is 13.1. The van der Waals surface area contributed by atoms with Gasteiger partial charge < -0.3 is 29.7 Å². The first kappa shape index (κ1) is 34.5. The number of piperidine rings is 1. The van der Waals surface area contributed by atoms with Crippen LogP contribution in [0.2, 0.25) is 0 Å². The summed E-state index contributed by atoms with van der Waals surface area (Å²) >= 11 is 1.01. The number of likely N-dealkylation sites (tertiary alicyclic amines) is 1. The van der Waals surface area contributed by atoms with E-state index in [-0.39, 0.29) is 29.5 Å². The van der Waals surface area contributed by atoms with Crippen LogP contribution in [0.15, 0.2) is 66.9 Å². The van der Waals surface area contributed by atoms with Crippen molar-refractivity contribution in [3.05, 3.63) is 84.1 Å². The van der Waals surface area contributed by atoms with Gasteiger partial charge in [0, 0.05) is 55.3 Å².